The SMILES string of the molecule is O=C(NCC1(c2ccccc2)CCOCC1)c1cnc(-c2ccccn2)[nH]c1=O. The van der Waals surface area contributed by atoms with Crippen molar-refractivity contribution in [3.05, 3.63) is 82.4 Å². The second kappa shape index (κ2) is 8.36. The first-order valence-electron chi connectivity index (χ1n) is 9.60. The molecule has 7 heteroatoms. The lowest BCUT2D eigenvalue weighted by Crippen LogP contribution is -2.45. The number of H-pyrrole nitrogens is 1. The van der Waals surface area contributed by atoms with Gasteiger partial charge in [-0.1, -0.05) is 36.4 Å². The van der Waals surface area contributed by atoms with E-state index < -0.39 is 11.5 Å². The van der Waals surface area contributed by atoms with Gasteiger partial charge in [0.2, 0.25) is 0 Å². The first-order chi connectivity index (χ1) is 14.2. The summed E-state index contributed by atoms with van der Waals surface area (Å²) in [6.07, 6.45) is 4.54. The van der Waals surface area contributed by atoms with Gasteiger partial charge in [-0.2, -0.15) is 0 Å². The Kier molecular flexibility index (Phi) is 5.48. The largest absolute Gasteiger partial charge is 0.381 e. The van der Waals surface area contributed by atoms with E-state index in [9.17, 15) is 9.59 Å². The van der Waals surface area contributed by atoms with E-state index >= 15 is 0 Å². The van der Waals surface area contributed by atoms with Crippen LogP contribution in [0, 0.1) is 0 Å². The molecular weight excluding hydrogens is 368 g/mol. The molecule has 0 atom stereocenters. The Hall–Kier alpha value is -3.32. The topological polar surface area (TPSA) is 97.0 Å². The molecular formula is C22H22N4O3. The number of amides is 1. The summed E-state index contributed by atoms with van der Waals surface area (Å²) < 4.78 is 5.53. The van der Waals surface area contributed by atoms with Crippen LogP contribution < -0.4 is 10.9 Å². The van der Waals surface area contributed by atoms with Gasteiger partial charge in [0.05, 0.1) is 0 Å². The van der Waals surface area contributed by atoms with Crippen LogP contribution in [0.4, 0.5) is 0 Å². The number of benzene rings is 1. The van der Waals surface area contributed by atoms with Crippen molar-refractivity contribution in [3.8, 4) is 11.5 Å². The summed E-state index contributed by atoms with van der Waals surface area (Å²) in [5.74, 6) is -0.106. The summed E-state index contributed by atoms with van der Waals surface area (Å²) >= 11 is 0. The first kappa shape index (κ1) is 19.0. The normalized spacial score (nSPS) is 15.6. The minimum absolute atomic E-state index is 0.0139. The van der Waals surface area contributed by atoms with Crippen molar-refractivity contribution in [2.75, 3.05) is 19.8 Å². The summed E-state index contributed by atoms with van der Waals surface area (Å²) in [6.45, 7) is 1.72. The quantitative estimate of drug-likeness (QED) is 0.697. The monoisotopic (exact) mass is 390 g/mol. The molecule has 3 heterocycles. The molecule has 148 valence electrons. The van der Waals surface area contributed by atoms with Crippen LogP contribution in [0.1, 0.15) is 28.8 Å². The first-order valence-corrected chi connectivity index (χ1v) is 9.60. The van der Waals surface area contributed by atoms with Crippen LogP contribution in [-0.4, -0.2) is 40.6 Å². The second-order valence-electron chi connectivity index (χ2n) is 7.13. The van der Waals surface area contributed by atoms with Crippen molar-refractivity contribution in [2.24, 2.45) is 0 Å². The van der Waals surface area contributed by atoms with Gasteiger partial charge in [-0.25, -0.2) is 4.98 Å². The Labute approximate surface area is 168 Å². The summed E-state index contributed by atoms with van der Waals surface area (Å²) in [4.78, 5) is 36.2. The lowest BCUT2D eigenvalue weighted by Gasteiger charge is -2.38. The molecule has 0 saturated carbocycles. The lowest BCUT2D eigenvalue weighted by molar-refractivity contribution is 0.0487. The zero-order valence-electron chi connectivity index (χ0n) is 15.9. The number of hydrogen-bond donors (Lipinski definition) is 2. The van der Waals surface area contributed by atoms with E-state index in [1.807, 2.05) is 18.2 Å². The van der Waals surface area contributed by atoms with E-state index in [1.54, 1.807) is 24.4 Å². The van der Waals surface area contributed by atoms with Crippen molar-refractivity contribution in [3.63, 3.8) is 0 Å². The molecule has 29 heavy (non-hydrogen) atoms. The van der Waals surface area contributed by atoms with Crippen LogP contribution in [0.5, 0.6) is 0 Å². The molecule has 1 amide bonds. The number of aromatic nitrogens is 3. The fourth-order valence-corrected chi connectivity index (χ4v) is 3.66. The molecule has 2 N–H and O–H groups in total. The van der Waals surface area contributed by atoms with E-state index in [-0.39, 0.29) is 11.0 Å². The molecule has 0 aliphatic carbocycles. The van der Waals surface area contributed by atoms with Crippen LogP contribution in [0.2, 0.25) is 0 Å². The van der Waals surface area contributed by atoms with E-state index in [1.165, 1.54) is 11.8 Å². The molecule has 1 saturated heterocycles. The van der Waals surface area contributed by atoms with Crippen molar-refractivity contribution < 1.29 is 9.53 Å². The van der Waals surface area contributed by atoms with Gasteiger partial charge in [0.15, 0.2) is 5.82 Å². The third-order valence-electron chi connectivity index (χ3n) is 5.37. The zero-order valence-corrected chi connectivity index (χ0v) is 15.9. The van der Waals surface area contributed by atoms with Crippen LogP contribution in [-0.2, 0) is 10.2 Å². The van der Waals surface area contributed by atoms with Crippen LogP contribution in [0.25, 0.3) is 11.5 Å². The average Bonchev–Trinajstić information content (AvgIpc) is 2.79. The third-order valence-corrected chi connectivity index (χ3v) is 5.37. The predicted octanol–water partition coefficient (Wildman–Crippen LogP) is 2.31. The van der Waals surface area contributed by atoms with Gasteiger partial charge in [0.25, 0.3) is 11.5 Å². The molecule has 3 aromatic rings. The number of hydrogen-bond acceptors (Lipinski definition) is 5. The van der Waals surface area contributed by atoms with Crippen molar-refractivity contribution in [1.82, 2.24) is 20.3 Å². The number of pyridine rings is 1. The van der Waals surface area contributed by atoms with Gasteiger partial charge in [-0.15, -0.1) is 0 Å². The Bertz CT molecular complexity index is 1030. The average molecular weight is 390 g/mol. The smallest absolute Gasteiger partial charge is 0.264 e. The number of nitrogens with zero attached hydrogens (tertiary/aromatic N) is 2. The highest BCUT2D eigenvalue weighted by Gasteiger charge is 2.35. The van der Waals surface area contributed by atoms with Crippen LogP contribution in [0.3, 0.4) is 0 Å². The zero-order chi connectivity index (χ0) is 20.1. The van der Waals surface area contributed by atoms with Gasteiger partial charge in [-0.3, -0.25) is 14.6 Å². The number of nitrogens with one attached hydrogen (secondary N) is 2. The Morgan fingerprint density at radius 3 is 2.52 bits per heavy atom. The van der Waals surface area contributed by atoms with Gasteiger partial charge in [0, 0.05) is 37.6 Å². The van der Waals surface area contributed by atoms with Gasteiger partial charge < -0.3 is 15.0 Å². The molecule has 4 rings (SSSR count). The highest BCUT2D eigenvalue weighted by atomic mass is 16.5. The molecule has 0 radical (unpaired) electrons. The van der Waals surface area contributed by atoms with Gasteiger partial charge >= 0.3 is 0 Å². The van der Waals surface area contributed by atoms with Crippen molar-refractivity contribution in [2.45, 2.75) is 18.3 Å². The highest BCUT2D eigenvalue weighted by Crippen LogP contribution is 2.34. The van der Waals surface area contributed by atoms with E-state index in [0.29, 0.717) is 31.3 Å². The maximum atomic E-state index is 12.7. The standard InChI is InChI=1S/C22H22N4O3/c27-20(17-14-24-19(26-21(17)28)18-8-4-5-11-23-18)25-15-22(9-12-29-13-10-22)16-6-2-1-3-7-16/h1-8,11,14H,9-10,12-13,15H2,(H,25,27)(H,24,26,28). The molecule has 0 spiro atoms. The van der Waals surface area contributed by atoms with Crippen LogP contribution >= 0.6 is 0 Å². The Balaban J connectivity index is 1.52. The van der Waals surface area contributed by atoms with Crippen molar-refractivity contribution in [1.29, 1.82) is 0 Å². The molecule has 1 fully saturated rings. The van der Waals surface area contributed by atoms with Gasteiger partial charge in [-0.05, 0) is 30.5 Å². The molecule has 0 unspecified atom stereocenters. The van der Waals surface area contributed by atoms with E-state index in [2.05, 4.69) is 32.4 Å². The van der Waals surface area contributed by atoms with E-state index in [4.69, 9.17) is 4.74 Å². The fourth-order valence-electron chi connectivity index (χ4n) is 3.66. The maximum Gasteiger partial charge on any atom is 0.264 e. The number of aromatic amines is 1. The van der Waals surface area contributed by atoms with E-state index in [0.717, 1.165) is 12.8 Å². The number of carbonyl (C=O) groups is 1. The molecule has 0 bridgehead atoms. The van der Waals surface area contributed by atoms with Crippen LogP contribution in [0.15, 0.2) is 65.7 Å². The molecule has 7 nitrogen and oxygen atoms in total. The summed E-state index contributed by atoms with van der Waals surface area (Å²) in [7, 11) is 0. The van der Waals surface area contributed by atoms with Crippen molar-refractivity contribution >= 4 is 5.91 Å². The Morgan fingerprint density at radius 2 is 1.83 bits per heavy atom. The highest BCUT2D eigenvalue weighted by molar-refractivity contribution is 5.93. The number of carbonyl (C=O) groups excluding carboxylic acids is 1. The summed E-state index contributed by atoms with van der Waals surface area (Å²) in [5, 5.41) is 2.94. The Morgan fingerprint density at radius 1 is 1.07 bits per heavy atom. The lowest BCUT2D eigenvalue weighted by atomic mass is 9.74. The minimum Gasteiger partial charge on any atom is -0.381 e. The fraction of sp³-hybridized carbons (Fsp3) is 0.273. The summed E-state index contributed by atoms with van der Waals surface area (Å²) in [6, 6.07) is 15.5. The third kappa shape index (κ3) is 4.09. The maximum absolute atomic E-state index is 12.7. The molecule has 2 aromatic heterocycles. The molecule has 1 aromatic carbocycles. The number of ether oxygens (including phenoxy) is 1. The summed E-state index contributed by atoms with van der Waals surface area (Å²) in [5.41, 5.74) is 1.00. The van der Waals surface area contributed by atoms with Gasteiger partial charge in [0.1, 0.15) is 11.3 Å². The second-order valence-corrected chi connectivity index (χ2v) is 7.13. The number of rotatable bonds is 5. The molecule has 1 aliphatic heterocycles. The predicted molar refractivity (Wildman–Crippen MR) is 109 cm³/mol. The minimum atomic E-state index is -0.487. The molecule has 1 aliphatic rings.